The zero-order valence-corrected chi connectivity index (χ0v) is 16.1. The lowest BCUT2D eigenvalue weighted by Crippen LogP contribution is -2.19. The van der Waals surface area contributed by atoms with Gasteiger partial charge in [-0.25, -0.2) is 14.8 Å². The predicted molar refractivity (Wildman–Crippen MR) is 108 cm³/mol. The van der Waals surface area contributed by atoms with Gasteiger partial charge in [0.2, 0.25) is 0 Å². The Bertz CT molecular complexity index is 993. The molecule has 28 heavy (non-hydrogen) atoms. The monoisotopic (exact) mass is 377 g/mol. The number of carbonyl (C=O) groups is 1. The van der Waals surface area contributed by atoms with Gasteiger partial charge in [0.1, 0.15) is 6.61 Å². The number of hydrogen-bond acceptors (Lipinski definition) is 6. The molecule has 0 aliphatic carbocycles. The normalized spacial score (nSPS) is 16.3. The van der Waals surface area contributed by atoms with E-state index in [2.05, 4.69) is 21.4 Å². The first-order valence-corrected chi connectivity index (χ1v) is 9.49. The molecule has 1 fully saturated rings. The van der Waals surface area contributed by atoms with Crippen LogP contribution < -0.4 is 5.32 Å². The fourth-order valence-corrected chi connectivity index (χ4v) is 3.43. The molecule has 1 N–H and O–H groups in total. The number of para-hydroxylation sites is 2. The van der Waals surface area contributed by atoms with Gasteiger partial charge in [-0.2, -0.15) is 0 Å². The number of hydrogen-bond donors (Lipinski definition) is 1. The van der Waals surface area contributed by atoms with Gasteiger partial charge < -0.3 is 14.8 Å². The van der Waals surface area contributed by atoms with Crippen molar-refractivity contribution < 1.29 is 14.3 Å². The van der Waals surface area contributed by atoms with Crippen molar-refractivity contribution in [2.45, 2.75) is 32.8 Å². The van der Waals surface area contributed by atoms with E-state index in [-0.39, 0.29) is 18.4 Å². The molecule has 0 saturated carbocycles. The summed E-state index contributed by atoms with van der Waals surface area (Å²) in [5, 5.41) is 3.25. The highest BCUT2D eigenvalue weighted by atomic mass is 16.6. The molecule has 0 unspecified atom stereocenters. The molecular formula is C22H23N3O3. The first-order chi connectivity index (χ1) is 13.6. The standard InChI is InChI=1S/C22H23N3O3/c1-14-10-15(2)12-16(11-14)23-21-20(22(26)28-13-17-6-5-9-27-17)24-18-7-3-4-8-19(18)25-21/h3-4,7-8,10-12,17H,5-6,9,13H2,1-2H3,(H,23,25)/t17-/m1/s1. The molecule has 0 spiro atoms. The molecule has 144 valence electrons. The average Bonchev–Trinajstić information content (AvgIpc) is 3.18. The largest absolute Gasteiger partial charge is 0.458 e. The van der Waals surface area contributed by atoms with Crippen LogP contribution in [-0.2, 0) is 9.47 Å². The van der Waals surface area contributed by atoms with Crippen LogP contribution in [0.15, 0.2) is 42.5 Å². The van der Waals surface area contributed by atoms with Crippen molar-refractivity contribution >= 4 is 28.5 Å². The van der Waals surface area contributed by atoms with Gasteiger partial charge in [0.25, 0.3) is 0 Å². The van der Waals surface area contributed by atoms with Crippen molar-refractivity contribution in [1.82, 2.24) is 9.97 Å². The van der Waals surface area contributed by atoms with Gasteiger partial charge in [0, 0.05) is 12.3 Å². The average molecular weight is 377 g/mol. The Morgan fingerprint density at radius 1 is 1.14 bits per heavy atom. The summed E-state index contributed by atoms with van der Waals surface area (Å²) >= 11 is 0. The van der Waals surface area contributed by atoms with Crippen LogP contribution in [0.2, 0.25) is 0 Å². The van der Waals surface area contributed by atoms with E-state index < -0.39 is 5.97 Å². The van der Waals surface area contributed by atoms with E-state index in [0.29, 0.717) is 16.9 Å². The molecule has 0 bridgehead atoms. The fraction of sp³-hybridized carbons (Fsp3) is 0.318. The summed E-state index contributed by atoms with van der Waals surface area (Å²) in [6.07, 6.45) is 1.87. The molecule has 3 aromatic rings. The van der Waals surface area contributed by atoms with Crippen molar-refractivity contribution in [3.8, 4) is 0 Å². The first kappa shape index (κ1) is 18.4. The number of rotatable bonds is 5. The number of aryl methyl sites for hydroxylation is 2. The lowest BCUT2D eigenvalue weighted by Gasteiger charge is -2.14. The molecule has 1 aliphatic rings. The molecule has 0 radical (unpaired) electrons. The van der Waals surface area contributed by atoms with E-state index in [1.807, 2.05) is 50.2 Å². The van der Waals surface area contributed by atoms with Crippen molar-refractivity contribution in [2.75, 3.05) is 18.5 Å². The second-order valence-electron chi connectivity index (χ2n) is 7.14. The number of nitrogens with one attached hydrogen (secondary N) is 1. The highest BCUT2D eigenvalue weighted by Crippen LogP contribution is 2.24. The molecule has 6 nitrogen and oxygen atoms in total. The highest BCUT2D eigenvalue weighted by molar-refractivity contribution is 5.96. The van der Waals surface area contributed by atoms with Crippen LogP contribution in [-0.4, -0.2) is 35.3 Å². The van der Waals surface area contributed by atoms with Crippen molar-refractivity contribution in [3.05, 3.63) is 59.3 Å². The third-order valence-corrected chi connectivity index (χ3v) is 4.67. The SMILES string of the molecule is Cc1cc(C)cc(Nc2nc3ccccc3nc2C(=O)OC[C@H]2CCCO2)c1. The van der Waals surface area contributed by atoms with Crippen LogP contribution >= 0.6 is 0 Å². The maximum atomic E-state index is 12.8. The summed E-state index contributed by atoms with van der Waals surface area (Å²) in [6.45, 7) is 5.01. The maximum absolute atomic E-state index is 12.8. The van der Waals surface area contributed by atoms with Gasteiger partial charge in [-0.3, -0.25) is 0 Å². The number of anilines is 2. The molecule has 1 aliphatic heterocycles. The second-order valence-corrected chi connectivity index (χ2v) is 7.14. The van der Waals surface area contributed by atoms with Crippen LogP contribution in [0, 0.1) is 13.8 Å². The summed E-state index contributed by atoms with van der Waals surface area (Å²) < 4.78 is 11.0. The summed E-state index contributed by atoms with van der Waals surface area (Å²) in [6, 6.07) is 13.6. The van der Waals surface area contributed by atoms with Crippen LogP contribution in [0.25, 0.3) is 11.0 Å². The summed E-state index contributed by atoms with van der Waals surface area (Å²) in [4.78, 5) is 21.9. The van der Waals surface area contributed by atoms with Gasteiger partial charge >= 0.3 is 5.97 Å². The van der Waals surface area contributed by atoms with Crippen molar-refractivity contribution in [1.29, 1.82) is 0 Å². The Morgan fingerprint density at radius 2 is 1.86 bits per heavy atom. The number of benzene rings is 2. The first-order valence-electron chi connectivity index (χ1n) is 9.49. The summed E-state index contributed by atoms with van der Waals surface area (Å²) in [5.41, 5.74) is 4.64. The van der Waals surface area contributed by atoms with Gasteiger partial charge in [-0.05, 0) is 62.1 Å². The minimum absolute atomic E-state index is 0.0341. The lowest BCUT2D eigenvalue weighted by atomic mass is 10.1. The molecule has 6 heteroatoms. The molecule has 1 atom stereocenters. The number of carbonyl (C=O) groups excluding carboxylic acids is 1. The van der Waals surface area contributed by atoms with E-state index in [9.17, 15) is 4.79 Å². The van der Waals surface area contributed by atoms with E-state index in [0.717, 1.165) is 36.3 Å². The van der Waals surface area contributed by atoms with Gasteiger partial charge in [-0.15, -0.1) is 0 Å². The molecule has 1 aromatic heterocycles. The van der Waals surface area contributed by atoms with E-state index >= 15 is 0 Å². The van der Waals surface area contributed by atoms with Gasteiger partial charge in [0.05, 0.1) is 17.1 Å². The minimum Gasteiger partial charge on any atom is -0.458 e. The van der Waals surface area contributed by atoms with Crippen molar-refractivity contribution in [3.63, 3.8) is 0 Å². The van der Waals surface area contributed by atoms with E-state index in [4.69, 9.17) is 9.47 Å². The molecule has 0 amide bonds. The fourth-order valence-electron chi connectivity index (χ4n) is 3.43. The number of ether oxygens (including phenoxy) is 2. The highest BCUT2D eigenvalue weighted by Gasteiger charge is 2.22. The maximum Gasteiger partial charge on any atom is 0.360 e. The third-order valence-electron chi connectivity index (χ3n) is 4.67. The lowest BCUT2D eigenvalue weighted by molar-refractivity contribution is 0.0157. The van der Waals surface area contributed by atoms with Gasteiger partial charge in [-0.1, -0.05) is 18.2 Å². The molecule has 2 heterocycles. The quantitative estimate of drug-likeness (QED) is 0.667. The molecule has 4 rings (SSSR count). The third kappa shape index (κ3) is 4.12. The van der Waals surface area contributed by atoms with Crippen molar-refractivity contribution in [2.24, 2.45) is 0 Å². The Morgan fingerprint density at radius 3 is 2.54 bits per heavy atom. The topological polar surface area (TPSA) is 73.3 Å². The Labute approximate surface area is 163 Å². The molecule has 1 saturated heterocycles. The number of nitrogens with zero attached hydrogens (tertiary/aromatic N) is 2. The smallest absolute Gasteiger partial charge is 0.360 e. The summed E-state index contributed by atoms with van der Waals surface area (Å²) in [7, 11) is 0. The zero-order valence-electron chi connectivity index (χ0n) is 16.1. The Kier molecular flexibility index (Phi) is 5.21. The number of fused-ring (bicyclic) bond motifs is 1. The minimum atomic E-state index is -0.499. The van der Waals surface area contributed by atoms with Crippen LogP contribution in [0.3, 0.4) is 0 Å². The second kappa shape index (κ2) is 7.94. The number of esters is 1. The molecular weight excluding hydrogens is 354 g/mol. The zero-order chi connectivity index (χ0) is 19.5. The van der Waals surface area contributed by atoms with Gasteiger partial charge in [0.15, 0.2) is 11.5 Å². The van der Waals surface area contributed by atoms with E-state index in [1.54, 1.807) is 0 Å². The van der Waals surface area contributed by atoms with Crippen LogP contribution in [0.1, 0.15) is 34.5 Å². The van der Waals surface area contributed by atoms with E-state index in [1.165, 1.54) is 0 Å². The van der Waals surface area contributed by atoms with Crippen LogP contribution in [0.5, 0.6) is 0 Å². The van der Waals surface area contributed by atoms with Crippen LogP contribution in [0.4, 0.5) is 11.5 Å². The number of aromatic nitrogens is 2. The molecule has 2 aromatic carbocycles. The Hall–Kier alpha value is -2.99. The summed E-state index contributed by atoms with van der Waals surface area (Å²) in [5.74, 6) is -0.110. The Balaban J connectivity index is 1.66. The predicted octanol–water partition coefficient (Wildman–Crippen LogP) is 4.33.